The highest BCUT2D eigenvalue weighted by atomic mass is 16.5. The number of hydrogen-bond donors (Lipinski definition) is 0. The molecule has 1 rings (SSSR count). The van der Waals surface area contributed by atoms with Crippen LogP contribution in [0.3, 0.4) is 0 Å². The molecule has 12 heavy (non-hydrogen) atoms. The van der Waals surface area contributed by atoms with Crippen LogP contribution in [0.1, 0.15) is 5.56 Å². The molecule has 0 unspecified atom stereocenters. The predicted octanol–water partition coefficient (Wildman–Crippen LogP) is 1.90. The van der Waals surface area contributed by atoms with Crippen LogP contribution in [0.4, 0.5) is 5.69 Å². The average molecular weight is 160 g/mol. The number of benzene rings is 1. The number of aliphatic imine (C=N–C) groups is 1. The number of ether oxygens (including phenoxy) is 1. The van der Waals surface area contributed by atoms with Crippen molar-refractivity contribution in [2.75, 3.05) is 7.11 Å². The molecule has 1 aromatic carbocycles. The Morgan fingerprint density at radius 3 is 2.83 bits per heavy atom. The van der Waals surface area contributed by atoms with Crippen LogP contribution in [0.5, 0.6) is 5.75 Å². The minimum Gasteiger partial charge on any atom is -0.494 e. The second kappa shape index (κ2) is 3.54. The van der Waals surface area contributed by atoms with E-state index in [1.807, 2.05) is 6.07 Å². The topological polar surface area (TPSA) is 45.4 Å². The molecule has 0 aliphatic carbocycles. The van der Waals surface area contributed by atoms with Gasteiger partial charge in [0, 0.05) is 6.07 Å². The van der Waals surface area contributed by atoms with Crippen molar-refractivity contribution in [3.8, 4) is 11.8 Å². The third-order valence-corrected chi connectivity index (χ3v) is 1.48. The van der Waals surface area contributed by atoms with Crippen LogP contribution in [0, 0.1) is 11.3 Å². The van der Waals surface area contributed by atoms with Crippen molar-refractivity contribution in [2.24, 2.45) is 4.99 Å². The molecule has 1 aromatic rings. The van der Waals surface area contributed by atoms with Gasteiger partial charge in [-0.2, -0.15) is 5.26 Å². The van der Waals surface area contributed by atoms with Gasteiger partial charge in [0.2, 0.25) is 0 Å². The largest absolute Gasteiger partial charge is 0.494 e. The first-order valence-corrected chi connectivity index (χ1v) is 3.36. The monoisotopic (exact) mass is 160 g/mol. The summed E-state index contributed by atoms with van der Waals surface area (Å²) in [6.07, 6.45) is 0. The Morgan fingerprint density at radius 1 is 1.58 bits per heavy atom. The molecule has 0 spiro atoms. The summed E-state index contributed by atoms with van der Waals surface area (Å²) >= 11 is 0. The Morgan fingerprint density at radius 2 is 2.33 bits per heavy atom. The van der Waals surface area contributed by atoms with Crippen molar-refractivity contribution in [1.29, 1.82) is 5.26 Å². The smallest absolute Gasteiger partial charge is 0.145 e. The molecule has 0 fully saturated rings. The zero-order chi connectivity index (χ0) is 8.97. The molecular formula is C9H8N2O. The SMILES string of the molecule is C=Nc1ccc(C#N)cc1OC. The van der Waals surface area contributed by atoms with Crippen LogP contribution < -0.4 is 4.74 Å². The van der Waals surface area contributed by atoms with Gasteiger partial charge in [-0.05, 0) is 18.9 Å². The van der Waals surface area contributed by atoms with Crippen molar-refractivity contribution in [3.63, 3.8) is 0 Å². The van der Waals surface area contributed by atoms with E-state index >= 15 is 0 Å². The molecule has 0 saturated carbocycles. The van der Waals surface area contributed by atoms with E-state index in [0.29, 0.717) is 17.0 Å². The number of rotatable bonds is 2. The Bertz CT molecular complexity index is 339. The Hall–Kier alpha value is -1.82. The summed E-state index contributed by atoms with van der Waals surface area (Å²) in [6, 6.07) is 7.01. The van der Waals surface area contributed by atoms with E-state index in [9.17, 15) is 0 Å². The van der Waals surface area contributed by atoms with Gasteiger partial charge in [-0.1, -0.05) is 0 Å². The second-order valence-electron chi connectivity index (χ2n) is 2.16. The molecule has 0 atom stereocenters. The fraction of sp³-hybridized carbons (Fsp3) is 0.111. The Kier molecular flexibility index (Phi) is 2.44. The number of methoxy groups -OCH3 is 1. The van der Waals surface area contributed by atoms with Crippen molar-refractivity contribution >= 4 is 12.4 Å². The van der Waals surface area contributed by atoms with E-state index in [0.717, 1.165) is 0 Å². The van der Waals surface area contributed by atoms with E-state index in [1.54, 1.807) is 18.2 Å². The maximum Gasteiger partial charge on any atom is 0.145 e. The second-order valence-corrected chi connectivity index (χ2v) is 2.16. The summed E-state index contributed by atoms with van der Waals surface area (Å²) in [4.78, 5) is 3.73. The molecule has 0 radical (unpaired) electrons. The van der Waals surface area contributed by atoms with Crippen LogP contribution in [-0.4, -0.2) is 13.8 Å². The first-order valence-electron chi connectivity index (χ1n) is 3.36. The van der Waals surface area contributed by atoms with Crippen molar-refractivity contribution < 1.29 is 4.74 Å². The maximum absolute atomic E-state index is 8.57. The predicted molar refractivity (Wildman–Crippen MR) is 46.9 cm³/mol. The van der Waals surface area contributed by atoms with Gasteiger partial charge in [-0.25, -0.2) is 0 Å². The third-order valence-electron chi connectivity index (χ3n) is 1.48. The van der Waals surface area contributed by atoms with Gasteiger partial charge >= 0.3 is 0 Å². The lowest BCUT2D eigenvalue weighted by atomic mass is 10.2. The highest BCUT2D eigenvalue weighted by Crippen LogP contribution is 2.27. The lowest BCUT2D eigenvalue weighted by Gasteiger charge is -2.02. The fourth-order valence-electron chi connectivity index (χ4n) is 0.878. The van der Waals surface area contributed by atoms with Crippen LogP contribution in [0.25, 0.3) is 0 Å². The zero-order valence-corrected chi connectivity index (χ0v) is 6.74. The summed E-state index contributed by atoms with van der Waals surface area (Å²) in [5, 5.41) is 8.57. The normalized spacial score (nSPS) is 8.67. The zero-order valence-electron chi connectivity index (χ0n) is 6.74. The van der Waals surface area contributed by atoms with E-state index in [1.165, 1.54) is 7.11 Å². The highest BCUT2D eigenvalue weighted by molar-refractivity contribution is 5.58. The number of nitriles is 1. The van der Waals surface area contributed by atoms with Crippen LogP contribution in [0.2, 0.25) is 0 Å². The third kappa shape index (κ3) is 1.43. The van der Waals surface area contributed by atoms with Crippen molar-refractivity contribution in [3.05, 3.63) is 23.8 Å². The minimum absolute atomic E-state index is 0.555. The van der Waals surface area contributed by atoms with Crippen LogP contribution in [0.15, 0.2) is 23.2 Å². The molecule has 3 nitrogen and oxygen atoms in total. The van der Waals surface area contributed by atoms with Gasteiger partial charge in [0.25, 0.3) is 0 Å². The Labute approximate surface area is 70.9 Å². The average Bonchev–Trinajstić information content (AvgIpc) is 2.16. The van der Waals surface area contributed by atoms with E-state index in [4.69, 9.17) is 10.00 Å². The lowest BCUT2D eigenvalue weighted by Crippen LogP contribution is -1.84. The molecule has 0 aliphatic rings. The van der Waals surface area contributed by atoms with Gasteiger partial charge in [-0.3, -0.25) is 4.99 Å². The molecule has 3 heteroatoms. The lowest BCUT2D eigenvalue weighted by molar-refractivity contribution is 0.416. The first kappa shape index (κ1) is 8.28. The first-order chi connectivity index (χ1) is 5.81. The van der Waals surface area contributed by atoms with Crippen molar-refractivity contribution in [1.82, 2.24) is 0 Å². The molecule has 0 aliphatic heterocycles. The molecule has 0 bridgehead atoms. The quantitative estimate of drug-likeness (QED) is 0.620. The molecular weight excluding hydrogens is 152 g/mol. The highest BCUT2D eigenvalue weighted by Gasteiger charge is 2.00. The molecule has 0 heterocycles. The molecule has 0 amide bonds. The molecule has 0 N–H and O–H groups in total. The van der Waals surface area contributed by atoms with Gasteiger partial charge in [-0.15, -0.1) is 0 Å². The van der Waals surface area contributed by atoms with Gasteiger partial charge < -0.3 is 4.74 Å². The summed E-state index contributed by atoms with van der Waals surface area (Å²) < 4.78 is 4.99. The molecule has 0 saturated heterocycles. The minimum atomic E-state index is 0.555. The van der Waals surface area contributed by atoms with Crippen LogP contribution in [-0.2, 0) is 0 Å². The fourth-order valence-corrected chi connectivity index (χ4v) is 0.878. The standard InChI is InChI=1S/C9H8N2O/c1-11-8-4-3-7(6-10)5-9(8)12-2/h3-5H,1H2,2H3. The van der Waals surface area contributed by atoms with Gasteiger partial charge in [0.05, 0.1) is 18.7 Å². The van der Waals surface area contributed by atoms with E-state index in [-0.39, 0.29) is 0 Å². The summed E-state index contributed by atoms with van der Waals surface area (Å²) in [5.41, 5.74) is 1.20. The Balaban J connectivity index is 3.21. The molecule has 0 aromatic heterocycles. The van der Waals surface area contributed by atoms with E-state index in [2.05, 4.69) is 11.7 Å². The summed E-state index contributed by atoms with van der Waals surface area (Å²) in [5.74, 6) is 0.573. The van der Waals surface area contributed by atoms with Crippen LogP contribution >= 0.6 is 0 Å². The van der Waals surface area contributed by atoms with Gasteiger partial charge in [0.15, 0.2) is 0 Å². The number of nitrogens with zero attached hydrogens (tertiary/aromatic N) is 2. The summed E-state index contributed by atoms with van der Waals surface area (Å²) in [7, 11) is 1.53. The van der Waals surface area contributed by atoms with Crippen molar-refractivity contribution in [2.45, 2.75) is 0 Å². The summed E-state index contributed by atoms with van der Waals surface area (Å²) in [6.45, 7) is 3.38. The molecule has 60 valence electrons. The van der Waals surface area contributed by atoms with E-state index < -0.39 is 0 Å². The maximum atomic E-state index is 8.57. The number of hydrogen-bond acceptors (Lipinski definition) is 3. The van der Waals surface area contributed by atoms with Gasteiger partial charge in [0.1, 0.15) is 11.4 Å².